The largest absolute Gasteiger partial charge is 0.466 e. The molecule has 4 unspecified atom stereocenters. The zero-order valence-electron chi connectivity index (χ0n) is 19.8. The van der Waals surface area contributed by atoms with Crippen molar-refractivity contribution in [3.05, 3.63) is 70.8 Å². The van der Waals surface area contributed by atoms with Gasteiger partial charge >= 0.3 is 23.9 Å². The third-order valence-electron chi connectivity index (χ3n) is 9.71. The highest BCUT2D eigenvalue weighted by Gasteiger charge is 2.99. The molecular weight excluding hydrogens is 464 g/mol. The number of ether oxygens (including phenoxy) is 4. The molecule has 2 aromatic carbocycles. The van der Waals surface area contributed by atoms with Gasteiger partial charge in [-0.3, -0.25) is 9.59 Å². The number of fused-ring (bicyclic) bond motifs is 8. The first-order valence-electron chi connectivity index (χ1n) is 12.1. The van der Waals surface area contributed by atoms with Gasteiger partial charge in [0.05, 0.1) is 25.0 Å². The summed E-state index contributed by atoms with van der Waals surface area (Å²) in [6.45, 7) is -0.944. The van der Waals surface area contributed by atoms with Gasteiger partial charge < -0.3 is 18.9 Å². The average Bonchev–Trinajstić information content (AvgIpc) is 2.86. The van der Waals surface area contributed by atoms with E-state index in [1.165, 1.54) is 14.2 Å². The third-order valence-corrected chi connectivity index (χ3v) is 9.71. The van der Waals surface area contributed by atoms with Crippen LogP contribution in [-0.2, 0) is 38.1 Å². The summed E-state index contributed by atoms with van der Waals surface area (Å²) >= 11 is 0. The predicted octanol–water partition coefficient (Wildman–Crippen LogP) is 2.43. The zero-order valence-corrected chi connectivity index (χ0v) is 19.8. The van der Waals surface area contributed by atoms with E-state index < -0.39 is 47.9 Å². The van der Waals surface area contributed by atoms with Gasteiger partial charge in [0.1, 0.15) is 0 Å². The van der Waals surface area contributed by atoms with Crippen LogP contribution >= 0.6 is 0 Å². The molecule has 36 heavy (non-hydrogen) atoms. The Balaban J connectivity index is 1.40. The van der Waals surface area contributed by atoms with Gasteiger partial charge in [0.2, 0.25) is 0 Å². The molecule has 0 aromatic heterocycles. The summed E-state index contributed by atoms with van der Waals surface area (Å²) in [5.74, 6) is -3.35. The molecule has 0 bridgehead atoms. The molecule has 0 saturated heterocycles. The monoisotopic (exact) mass is 488 g/mol. The van der Waals surface area contributed by atoms with E-state index >= 15 is 0 Å². The van der Waals surface area contributed by atoms with Crippen LogP contribution in [0.4, 0.5) is 0 Å². The van der Waals surface area contributed by atoms with E-state index in [1.54, 1.807) is 0 Å². The standard InChI is InChI=1S/C28H24O8/c1-33-17(29)11-35-25(31)27-21-15-9-5-3-7-13(15)20-22-16-10-6-4-8-14(16)19(21)23(27)28(22,24(20)27)26(32)36-12-18(30)34-2/h3-10,19-24H,11-12H2,1-2H3. The van der Waals surface area contributed by atoms with Crippen molar-refractivity contribution in [2.75, 3.05) is 27.4 Å². The number of methoxy groups -OCH3 is 2. The van der Waals surface area contributed by atoms with Crippen molar-refractivity contribution in [1.29, 1.82) is 0 Å². The lowest BCUT2D eigenvalue weighted by atomic mass is 9.09. The van der Waals surface area contributed by atoms with Gasteiger partial charge in [-0.2, -0.15) is 0 Å². The lowest BCUT2D eigenvalue weighted by molar-refractivity contribution is -0.361. The molecule has 184 valence electrons. The molecule has 0 heterocycles. The maximum absolute atomic E-state index is 13.8. The molecule has 5 aliphatic carbocycles. The Bertz CT molecular complexity index is 1250. The van der Waals surface area contributed by atoms with Crippen molar-refractivity contribution in [3.63, 3.8) is 0 Å². The van der Waals surface area contributed by atoms with Crippen LogP contribution in [0.2, 0.25) is 0 Å². The van der Waals surface area contributed by atoms with Gasteiger partial charge in [-0.25, -0.2) is 9.59 Å². The molecule has 3 saturated carbocycles. The van der Waals surface area contributed by atoms with Crippen LogP contribution < -0.4 is 0 Å². The van der Waals surface area contributed by atoms with Gasteiger partial charge in [-0.1, -0.05) is 48.5 Å². The van der Waals surface area contributed by atoms with Crippen LogP contribution in [0.3, 0.4) is 0 Å². The van der Waals surface area contributed by atoms with Crippen LogP contribution in [0.25, 0.3) is 0 Å². The van der Waals surface area contributed by atoms with Gasteiger partial charge in [-0.15, -0.1) is 0 Å². The van der Waals surface area contributed by atoms with E-state index in [0.29, 0.717) is 0 Å². The van der Waals surface area contributed by atoms with Crippen molar-refractivity contribution < 1.29 is 38.1 Å². The van der Waals surface area contributed by atoms with Crippen molar-refractivity contribution >= 4 is 23.9 Å². The number of hydrogen-bond donors (Lipinski definition) is 0. The molecule has 0 spiro atoms. The summed E-state index contributed by atoms with van der Waals surface area (Å²) in [5.41, 5.74) is 2.69. The lowest BCUT2D eigenvalue weighted by Gasteiger charge is -2.90. The summed E-state index contributed by atoms with van der Waals surface area (Å²) in [6, 6.07) is 16.3. The predicted molar refractivity (Wildman–Crippen MR) is 122 cm³/mol. The number of rotatable bonds is 6. The van der Waals surface area contributed by atoms with Crippen LogP contribution in [0.1, 0.15) is 45.9 Å². The molecule has 8 heteroatoms. The Morgan fingerprint density at radius 3 is 1.36 bits per heavy atom. The molecule has 7 rings (SSSR count). The van der Waals surface area contributed by atoms with E-state index in [9.17, 15) is 19.2 Å². The fraction of sp³-hybridized carbons (Fsp3) is 0.429. The minimum atomic E-state index is -0.925. The van der Waals surface area contributed by atoms with Crippen LogP contribution in [0, 0.1) is 22.7 Å². The Labute approximate surface area is 206 Å². The third kappa shape index (κ3) is 2.07. The summed E-state index contributed by atoms with van der Waals surface area (Å²) < 4.78 is 20.4. The topological polar surface area (TPSA) is 105 Å². The van der Waals surface area contributed by atoms with Gasteiger partial charge in [0.15, 0.2) is 13.2 Å². The molecular formula is C28H24O8. The minimum absolute atomic E-state index is 0.0764. The quantitative estimate of drug-likeness (QED) is 0.451. The summed E-state index contributed by atoms with van der Waals surface area (Å²) in [4.78, 5) is 51.2. The van der Waals surface area contributed by atoms with E-state index in [2.05, 4.69) is 33.7 Å². The number of carbonyl (C=O) groups is 4. The van der Waals surface area contributed by atoms with E-state index in [4.69, 9.17) is 9.47 Å². The molecule has 0 radical (unpaired) electrons. The van der Waals surface area contributed by atoms with Gasteiger partial charge in [0, 0.05) is 23.7 Å². The highest BCUT2D eigenvalue weighted by atomic mass is 16.6. The molecule has 0 amide bonds. The highest BCUT2D eigenvalue weighted by Crippen LogP contribution is 2.98. The Morgan fingerprint density at radius 2 is 1.00 bits per heavy atom. The van der Waals surface area contributed by atoms with Gasteiger partial charge in [-0.05, 0) is 34.1 Å². The lowest BCUT2D eigenvalue weighted by Crippen LogP contribution is -2.91. The average molecular weight is 488 g/mol. The molecule has 4 atom stereocenters. The summed E-state index contributed by atoms with van der Waals surface area (Å²) in [7, 11) is 2.48. The maximum atomic E-state index is 13.8. The van der Waals surface area contributed by atoms with E-state index in [-0.39, 0.29) is 35.5 Å². The molecule has 0 aliphatic heterocycles. The first-order valence-corrected chi connectivity index (χ1v) is 12.1. The SMILES string of the molecule is COC(=O)COC(=O)C12C3c4ccccc4C4C5c6ccccc6C3C1C5(C(=O)OCC(=O)OC)C42. The van der Waals surface area contributed by atoms with Crippen molar-refractivity contribution in [3.8, 4) is 0 Å². The van der Waals surface area contributed by atoms with Crippen molar-refractivity contribution in [2.45, 2.75) is 23.7 Å². The summed E-state index contributed by atoms with van der Waals surface area (Å²) in [6.07, 6.45) is 0. The smallest absolute Gasteiger partial charge is 0.344 e. The molecule has 8 nitrogen and oxygen atoms in total. The van der Waals surface area contributed by atoms with Crippen LogP contribution in [0.15, 0.2) is 48.5 Å². The van der Waals surface area contributed by atoms with Crippen molar-refractivity contribution in [1.82, 2.24) is 0 Å². The Morgan fingerprint density at radius 1 is 0.639 bits per heavy atom. The fourth-order valence-corrected chi connectivity index (χ4v) is 8.98. The van der Waals surface area contributed by atoms with Crippen LogP contribution in [0.5, 0.6) is 0 Å². The number of benzene rings is 2. The zero-order chi connectivity index (χ0) is 25.0. The second-order valence-corrected chi connectivity index (χ2v) is 10.4. The second-order valence-electron chi connectivity index (χ2n) is 10.4. The Hall–Kier alpha value is -3.68. The Kier molecular flexibility index (Phi) is 4.17. The number of carbonyl (C=O) groups excluding carboxylic acids is 4. The van der Waals surface area contributed by atoms with Crippen LogP contribution in [-0.4, -0.2) is 51.3 Å². The first kappa shape index (κ1) is 21.6. The van der Waals surface area contributed by atoms with E-state index in [0.717, 1.165) is 22.3 Å². The minimum Gasteiger partial charge on any atom is -0.466 e. The first-order chi connectivity index (χ1) is 17.4. The molecule has 0 N–H and O–H groups in total. The van der Waals surface area contributed by atoms with E-state index in [1.807, 2.05) is 24.3 Å². The second kappa shape index (κ2) is 6.96. The van der Waals surface area contributed by atoms with Gasteiger partial charge in [0.25, 0.3) is 0 Å². The summed E-state index contributed by atoms with van der Waals surface area (Å²) in [5, 5.41) is 0. The normalized spacial score (nSPS) is 36.4. The molecule has 2 aromatic rings. The highest BCUT2D eigenvalue weighted by molar-refractivity contribution is 5.98. The number of esters is 4. The number of hydrogen-bond acceptors (Lipinski definition) is 8. The molecule has 5 aliphatic rings. The fourth-order valence-electron chi connectivity index (χ4n) is 8.98. The maximum Gasteiger partial charge on any atom is 0.344 e. The molecule has 3 fully saturated rings. The van der Waals surface area contributed by atoms with Crippen molar-refractivity contribution in [2.24, 2.45) is 22.7 Å².